The maximum Gasteiger partial charge on any atom is 0.136 e. The van der Waals surface area contributed by atoms with Crippen molar-refractivity contribution in [2.75, 3.05) is 4.90 Å². The summed E-state index contributed by atoms with van der Waals surface area (Å²) in [4.78, 5) is 5.68. The second-order valence-electron chi connectivity index (χ2n) is 2.48. The molecular formula is C11H8N4. The molecule has 0 aliphatic rings. The van der Waals surface area contributed by atoms with Gasteiger partial charge in [-0.15, -0.1) is 0 Å². The van der Waals surface area contributed by atoms with E-state index in [1.54, 1.807) is 23.2 Å². The number of nitrogens with zero attached hydrogens (tertiary/aromatic N) is 4. The van der Waals surface area contributed by atoms with Crippen LogP contribution in [0.5, 0.6) is 0 Å². The molecule has 0 unspecified atom stereocenters. The molecule has 0 spiro atoms. The van der Waals surface area contributed by atoms with E-state index in [1.807, 2.05) is 18.2 Å². The molecular weight excluding hydrogens is 188 g/mol. The van der Waals surface area contributed by atoms with Crippen molar-refractivity contribution in [3.05, 3.63) is 48.9 Å². The van der Waals surface area contributed by atoms with Crippen molar-refractivity contribution < 1.29 is 0 Å². The van der Waals surface area contributed by atoms with Crippen LogP contribution in [0.15, 0.2) is 48.9 Å². The van der Waals surface area contributed by atoms with Gasteiger partial charge in [-0.2, -0.15) is 10.5 Å². The molecule has 0 atom stereocenters. The Morgan fingerprint density at radius 2 is 1.80 bits per heavy atom. The molecule has 0 aliphatic carbocycles. The molecule has 1 aromatic rings. The first-order valence-corrected chi connectivity index (χ1v) is 4.20. The summed E-state index contributed by atoms with van der Waals surface area (Å²) in [5.74, 6) is 0.649. The molecule has 15 heavy (non-hydrogen) atoms. The highest BCUT2D eigenvalue weighted by molar-refractivity contribution is 5.46. The average Bonchev–Trinajstić information content (AvgIpc) is 2.30. The van der Waals surface area contributed by atoms with Crippen molar-refractivity contribution in [1.29, 1.82) is 10.5 Å². The first-order valence-electron chi connectivity index (χ1n) is 4.20. The van der Waals surface area contributed by atoms with Crippen molar-refractivity contribution >= 4 is 5.82 Å². The van der Waals surface area contributed by atoms with E-state index < -0.39 is 0 Å². The molecule has 1 heterocycles. The fourth-order valence-corrected chi connectivity index (χ4v) is 0.936. The fourth-order valence-electron chi connectivity index (χ4n) is 0.936. The van der Waals surface area contributed by atoms with Crippen LogP contribution in [0.2, 0.25) is 0 Å². The van der Waals surface area contributed by atoms with Crippen LogP contribution in [0.4, 0.5) is 5.82 Å². The van der Waals surface area contributed by atoms with E-state index in [4.69, 9.17) is 10.5 Å². The predicted octanol–water partition coefficient (Wildman–Crippen LogP) is 1.96. The lowest BCUT2D eigenvalue weighted by molar-refractivity contribution is 1.17. The van der Waals surface area contributed by atoms with Crippen LogP contribution < -0.4 is 4.90 Å². The minimum Gasteiger partial charge on any atom is -0.307 e. The van der Waals surface area contributed by atoms with Crippen LogP contribution in [0.25, 0.3) is 0 Å². The summed E-state index contributed by atoms with van der Waals surface area (Å²) in [5.41, 5.74) is 0. The zero-order valence-corrected chi connectivity index (χ0v) is 7.91. The van der Waals surface area contributed by atoms with E-state index in [-0.39, 0.29) is 0 Å². The smallest absolute Gasteiger partial charge is 0.136 e. The van der Waals surface area contributed by atoms with E-state index in [1.165, 1.54) is 24.6 Å². The lowest BCUT2D eigenvalue weighted by Gasteiger charge is -2.12. The molecule has 4 heteroatoms. The number of aromatic nitrogens is 1. The van der Waals surface area contributed by atoms with Gasteiger partial charge in [-0.05, 0) is 12.1 Å². The topological polar surface area (TPSA) is 63.7 Å². The molecule has 4 nitrogen and oxygen atoms in total. The molecule has 0 bridgehead atoms. The summed E-state index contributed by atoms with van der Waals surface area (Å²) in [5, 5.41) is 16.8. The number of rotatable bonds is 3. The minimum atomic E-state index is 0.649. The second kappa shape index (κ2) is 5.95. The van der Waals surface area contributed by atoms with Crippen LogP contribution in [0.3, 0.4) is 0 Å². The molecule has 0 aliphatic heterocycles. The van der Waals surface area contributed by atoms with Gasteiger partial charge in [0.1, 0.15) is 5.82 Å². The Hall–Kier alpha value is -2.59. The third-order valence-corrected chi connectivity index (χ3v) is 1.53. The Morgan fingerprint density at radius 1 is 1.13 bits per heavy atom. The third kappa shape index (κ3) is 3.33. The molecule has 72 valence electrons. The SMILES string of the molecule is N#CC=CN(C=CC#N)c1ccccn1. The molecule has 1 aromatic heterocycles. The highest BCUT2D eigenvalue weighted by atomic mass is 15.1. The molecule has 0 saturated heterocycles. The van der Waals surface area contributed by atoms with Gasteiger partial charge in [0.2, 0.25) is 0 Å². The van der Waals surface area contributed by atoms with Crippen molar-refractivity contribution in [2.45, 2.75) is 0 Å². The van der Waals surface area contributed by atoms with Crippen molar-refractivity contribution in [3.63, 3.8) is 0 Å². The van der Waals surface area contributed by atoms with Gasteiger partial charge in [0.05, 0.1) is 12.1 Å². The number of allylic oxidation sites excluding steroid dienone is 2. The second-order valence-corrected chi connectivity index (χ2v) is 2.48. The van der Waals surface area contributed by atoms with E-state index in [2.05, 4.69) is 4.98 Å². The molecule has 0 saturated carbocycles. The van der Waals surface area contributed by atoms with Gasteiger partial charge in [0.15, 0.2) is 0 Å². The number of pyridine rings is 1. The van der Waals surface area contributed by atoms with Gasteiger partial charge in [-0.25, -0.2) is 4.98 Å². The van der Waals surface area contributed by atoms with Crippen molar-refractivity contribution in [1.82, 2.24) is 4.98 Å². The van der Waals surface area contributed by atoms with Crippen molar-refractivity contribution in [2.24, 2.45) is 0 Å². The largest absolute Gasteiger partial charge is 0.307 e. The number of hydrogen-bond acceptors (Lipinski definition) is 4. The first kappa shape index (κ1) is 10.5. The van der Waals surface area contributed by atoms with E-state index in [9.17, 15) is 0 Å². The fraction of sp³-hybridized carbons (Fsp3) is 0. The van der Waals surface area contributed by atoms with Gasteiger partial charge in [0.25, 0.3) is 0 Å². The Bertz CT molecular complexity index is 410. The minimum absolute atomic E-state index is 0.649. The summed E-state index contributed by atoms with van der Waals surface area (Å²) in [6.07, 6.45) is 7.35. The zero-order chi connectivity index (χ0) is 10.9. The molecule has 0 radical (unpaired) electrons. The summed E-state index contributed by atoms with van der Waals surface area (Å²) < 4.78 is 0. The van der Waals surface area contributed by atoms with Crippen LogP contribution in [-0.2, 0) is 0 Å². The lowest BCUT2D eigenvalue weighted by Crippen LogP contribution is -2.07. The summed E-state index contributed by atoms with van der Waals surface area (Å²) >= 11 is 0. The summed E-state index contributed by atoms with van der Waals surface area (Å²) in [6.45, 7) is 0. The van der Waals surface area contributed by atoms with Crippen LogP contribution in [-0.4, -0.2) is 4.98 Å². The van der Waals surface area contributed by atoms with Crippen LogP contribution >= 0.6 is 0 Å². The normalized spacial score (nSPS) is 10.0. The van der Waals surface area contributed by atoms with Crippen LogP contribution in [0, 0.1) is 22.7 Å². The standard InChI is InChI=1S/C11H8N4/c12-6-3-9-15(10-4-7-13)11-5-1-2-8-14-11/h1-5,8-10H. The molecule has 0 amide bonds. The highest BCUT2D eigenvalue weighted by Crippen LogP contribution is 2.09. The average molecular weight is 196 g/mol. The maximum atomic E-state index is 8.41. The van der Waals surface area contributed by atoms with Gasteiger partial charge in [0, 0.05) is 30.7 Å². The maximum absolute atomic E-state index is 8.41. The zero-order valence-electron chi connectivity index (χ0n) is 7.91. The Kier molecular flexibility index (Phi) is 4.16. The number of nitriles is 2. The molecule has 0 fully saturated rings. The number of anilines is 1. The summed E-state index contributed by atoms with van der Waals surface area (Å²) in [7, 11) is 0. The van der Waals surface area contributed by atoms with Crippen LogP contribution in [0.1, 0.15) is 0 Å². The monoisotopic (exact) mass is 196 g/mol. The van der Waals surface area contributed by atoms with Crippen molar-refractivity contribution in [3.8, 4) is 12.1 Å². The predicted molar refractivity (Wildman–Crippen MR) is 56.2 cm³/mol. The third-order valence-electron chi connectivity index (χ3n) is 1.53. The highest BCUT2D eigenvalue weighted by Gasteiger charge is 1.98. The Morgan fingerprint density at radius 3 is 2.27 bits per heavy atom. The summed E-state index contributed by atoms with van der Waals surface area (Å²) in [6, 6.07) is 9.16. The van der Waals surface area contributed by atoms with Gasteiger partial charge >= 0.3 is 0 Å². The Labute approximate surface area is 88.0 Å². The van der Waals surface area contributed by atoms with Gasteiger partial charge < -0.3 is 4.90 Å². The quantitative estimate of drug-likeness (QED) is 0.693. The molecule has 1 rings (SSSR count). The lowest BCUT2D eigenvalue weighted by atomic mass is 10.4. The molecule has 0 N–H and O–H groups in total. The van der Waals surface area contributed by atoms with Gasteiger partial charge in [-0.3, -0.25) is 0 Å². The Balaban J connectivity index is 2.93. The van der Waals surface area contributed by atoms with Gasteiger partial charge in [-0.1, -0.05) is 6.07 Å². The van der Waals surface area contributed by atoms with E-state index in [0.717, 1.165) is 0 Å². The number of hydrogen-bond donors (Lipinski definition) is 0. The van der Waals surface area contributed by atoms with E-state index in [0.29, 0.717) is 5.82 Å². The first-order chi connectivity index (χ1) is 7.38. The molecule has 0 aromatic carbocycles. The van der Waals surface area contributed by atoms with E-state index >= 15 is 0 Å².